The van der Waals surface area contributed by atoms with Gasteiger partial charge in [-0.05, 0) is 37.8 Å². The second-order valence-corrected chi connectivity index (χ2v) is 9.00. The van der Waals surface area contributed by atoms with Crippen molar-refractivity contribution in [3.8, 4) is 17.0 Å². The molecule has 1 aliphatic rings. The maximum absolute atomic E-state index is 14.0. The van der Waals surface area contributed by atoms with Crippen LogP contribution in [-0.4, -0.2) is 55.5 Å². The zero-order valence-corrected chi connectivity index (χ0v) is 19.6. The quantitative estimate of drug-likeness (QED) is 0.355. The topological polar surface area (TPSA) is 116 Å². The molecular weight excluding hydrogens is 449 g/mol. The van der Waals surface area contributed by atoms with Crippen LogP contribution in [0.2, 0.25) is 0 Å². The molecule has 1 aliphatic carbocycles. The van der Waals surface area contributed by atoms with E-state index >= 15 is 0 Å². The SMILES string of the molecule is CNc1cc2c(cn1)c(-c1cnn(C[C@@H](N)CO)c1)nn2C1CCC(Oc2ccccc2F)CC1. The number of nitrogens with two attached hydrogens (primary N) is 1. The molecule has 4 N–H and O–H groups in total. The van der Waals surface area contributed by atoms with Crippen LogP contribution in [0, 0.1) is 5.82 Å². The molecule has 0 saturated heterocycles. The molecule has 1 fully saturated rings. The number of para-hydroxylation sites is 1. The summed E-state index contributed by atoms with van der Waals surface area (Å²) in [5.74, 6) is 0.752. The number of halogens is 1. The summed E-state index contributed by atoms with van der Waals surface area (Å²) in [5.41, 5.74) is 8.54. The van der Waals surface area contributed by atoms with Crippen LogP contribution in [0.5, 0.6) is 5.75 Å². The molecule has 3 aromatic heterocycles. The molecule has 1 saturated carbocycles. The second-order valence-electron chi connectivity index (χ2n) is 9.00. The molecule has 1 atom stereocenters. The van der Waals surface area contributed by atoms with Crippen LogP contribution in [0.4, 0.5) is 10.2 Å². The van der Waals surface area contributed by atoms with E-state index in [1.165, 1.54) is 6.07 Å². The van der Waals surface area contributed by atoms with Crippen molar-refractivity contribution in [3.63, 3.8) is 0 Å². The fraction of sp³-hybridized carbons (Fsp3) is 0.400. The normalized spacial score (nSPS) is 19.1. The zero-order valence-electron chi connectivity index (χ0n) is 19.6. The first-order valence-electron chi connectivity index (χ1n) is 11.9. The summed E-state index contributed by atoms with van der Waals surface area (Å²) in [4.78, 5) is 4.51. The van der Waals surface area contributed by atoms with Gasteiger partial charge >= 0.3 is 0 Å². The van der Waals surface area contributed by atoms with E-state index in [0.717, 1.165) is 53.7 Å². The average molecular weight is 480 g/mol. The van der Waals surface area contributed by atoms with E-state index in [9.17, 15) is 9.50 Å². The Hall–Kier alpha value is -3.50. The first kappa shape index (κ1) is 23.3. The lowest BCUT2D eigenvalue weighted by Crippen LogP contribution is -2.29. The smallest absolute Gasteiger partial charge is 0.165 e. The molecule has 0 bridgehead atoms. The fourth-order valence-electron chi connectivity index (χ4n) is 4.67. The van der Waals surface area contributed by atoms with Gasteiger partial charge in [-0.15, -0.1) is 0 Å². The highest BCUT2D eigenvalue weighted by Gasteiger charge is 2.27. The zero-order chi connectivity index (χ0) is 24.4. The van der Waals surface area contributed by atoms with E-state index in [0.29, 0.717) is 12.3 Å². The molecule has 184 valence electrons. The van der Waals surface area contributed by atoms with Gasteiger partial charge in [-0.3, -0.25) is 9.36 Å². The number of hydrogen-bond acceptors (Lipinski definition) is 7. The van der Waals surface area contributed by atoms with Crippen molar-refractivity contribution in [1.29, 1.82) is 0 Å². The summed E-state index contributed by atoms with van der Waals surface area (Å²) in [6.07, 6.45) is 8.85. The molecule has 0 radical (unpaired) electrons. The summed E-state index contributed by atoms with van der Waals surface area (Å²) >= 11 is 0. The molecule has 10 heteroatoms. The Bertz CT molecular complexity index is 1300. The Balaban J connectivity index is 1.40. The molecule has 4 aromatic rings. The van der Waals surface area contributed by atoms with Gasteiger partial charge in [0, 0.05) is 42.5 Å². The summed E-state index contributed by atoms with van der Waals surface area (Å²) in [6.45, 7) is 0.316. The number of pyridine rings is 1. The van der Waals surface area contributed by atoms with Crippen molar-refractivity contribution in [2.45, 2.75) is 50.4 Å². The lowest BCUT2D eigenvalue weighted by molar-refractivity contribution is 0.126. The van der Waals surface area contributed by atoms with Crippen molar-refractivity contribution >= 4 is 16.7 Å². The van der Waals surface area contributed by atoms with Crippen molar-refractivity contribution in [2.24, 2.45) is 5.73 Å². The predicted octanol–water partition coefficient (Wildman–Crippen LogP) is 3.36. The number of nitrogens with zero attached hydrogens (tertiary/aromatic N) is 5. The van der Waals surface area contributed by atoms with E-state index in [2.05, 4.69) is 20.1 Å². The molecule has 5 rings (SSSR count). The highest BCUT2D eigenvalue weighted by molar-refractivity contribution is 5.93. The van der Waals surface area contributed by atoms with E-state index in [1.54, 1.807) is 29.1 Å². The molecule has 0 unspecified atom stereocenters. The minimum absolute atomic E-state index is 0.0204. The highest BCUT2D eigenvalue weighted by atomic mass is 19.1. The van der Waals surface area contributed by atoms with E-state index in [4.69, 9.17) is 15.6 Å². The van der Waals surface area contributed by atoms with Gasteiger partial charge in [-0.25, -0.2) is 9.37 Å². The summed E-state index contributed by atoms with van der Waals surface area (Å²) < 4.78 is 23.8. The van der Waals surface area contributed by atoms with E-state index in [1.807, 2.05) is 25.5 Å². The third-order valence-corrected chi connectivity index (χ3v) is 6.53. The Morgan fingerprint density at radius 2 is 2.03 bits per heavy atom. The number of hydrogen-bond donors (Lipinski definition) is 3. The average Bonchev–Trinajstić information content (AvgIpc) is 3.50. The van der Waals surface area contributed by atoms with Crippen LogP contribution in [0.25, 0.3) is 22.2 Å². The minimum atomic E-state index is -0.376. The predicted molar refractivity (Wildman–Crippen MR) is 132 cm³/mol. The summed E-state index contributed by atoms with van der Waals surface area (Å²) in [6, 6.07) is 8.38. The number of aliphatic hydroxyl groups excluding tert-OH is 1. The van der Waals surface area contributed by atoms with Crippen molar-refractivity contribution in [1.82, 2.24) is 24.5 Å². The molecular formula is C25H30FN7O2. The summed E-state index contributed by atoms with van der Waals surface area (Å²) in [7, 11) is 1.84. The Labute approximate surface area is 202 Å². The van der Waals surface area contributed by atoms with E-state index in [-0.39, 0.29) is 30.6 Å². The second kappa shape index (κ2) is 10.0. The Kier molecular flexibility index (Phi) is 6.65. The van der Waals surface area contributed by atoms with Gasteiger partial charge < -0.3 is 20.9 Å². The monoisotopic (exact) mass is 479 g/mol. The maximum atomic E-state index is 14.0. The van der Waals surface area contributed by atoms with Gasteiger partial charge in [0.05, 0.1) is 37.0 Å². The Morgan fingerprint density at radius 3 is 2.77 bits per heavy atom. The number of aromatic nitrogens is 5. The molecule has 1 aromatic carbocycles. The molecule has 0 aliphatic heterocycles. The van der Waals surface area contributed by atoms with Gasteiger partial charge in [0.1, 0.15) is 11.5 Å². The number of rotatable bonds is 8. The number of ether oxygens (including phenoxy) is 1. The number of fused-ring (bicyclic) bond motifs is 1. The molecule has 9 nitrogen and oxygen atoms in total. The number of anilines is 1. The first-order valence-corrected chi connectivity index (χ1v) is 11.9. The molecule has 0 amide bonds. The third kappa shape index (κ3) is 4.85. The lowest BCUT2D eigenvalue weighted by Gasteiger charge is -2.29. The van der Waals surface area contributed by atoms with E-state index < -0.39 is 0 Å². The van der Waals surface area contributed by atoms with Crippen LogP contribution in [-0.2, 0) is 6.54 Å². The van der Waals surface area contributed by atoms with Gasteiger partial charge in [-0.1, -0.05) is 12.1 Å². The first-order chi connectivity index (χ1) is 17.1. The maximum Gasteiger partial charge on any atom is 0.165 e. The number of benzene rings is 1. The molecule has 3 heterocycles. The van der Waals surface area contributed by atoms with Gasteiger partial charge in [-0.2, -0.15) is 10.2 Å². The summed E-state index contributed by atoms with van der Waals surface area (Å²) in [5, 5.41) is 22.7. The van der Waals surface area contributed by atoms with Crippen molar-refractivity contribution in [2.75, 3.05) is 19.0 Å². The van der Waals surface area contributed by atoms with Crippen molar-refractivity contribution in [3.05, 3.63) is 54.7 Å². The Morgan fingerprint density at radius 1 is 1.23 bits per heavy atom. The highest BCUT2D eigenvalue weighted by Crippen LogP contribution is 2.36. The van der Waals surface area contributed by atoms with Gasteiger partial charge in [0.2, 0.25) is 0 Å². The molecule has 35 heavy (non-hydrogen) atoms. The van der Waals surface area contributed by atoms with Crippen LogP contribution in [0.15, 0.2) is 48.9 Å². The van der Waals surface area contributed by atoms with Gasteiger partial charge in [0.25, 0.3) is 0 Å². The minimum Gasteiger partial charge on any atom is -0.487 e. The standard InChI is InChI=1S/C25H30FN7O2/c1-28-24-10-22-20(12-29-24)25(16-11-30-32(13-16)14-17(27)15-34)31-33(22)18-6-8-19(9-7-18)35-23-5-3-2-4-21(23)26/h2-5,10-13,17-19,34H,6-9,14-15,27H2,1H3,(H,28,29)/t17-,18?,19?/m1/s1. The molecule has 0 spiro atoms. The third-order valence-electron chi connectivity index (χ3n) is 6.53. The van der Waals surface area contributed by atoms with Crippen LogP contribution in [0.3, 0.4) is 0 Å². The lowest BCUT2D eigenvalue weighted by atomic mass is 9.93. The fourth-order valence-corrected chi connectivity index (χ4v) is 4.67. The van der Waals surface area contributed by atoms with Gasteiger partial charge in [0.15, 0.2) is 11.6 Å². The number of nitrogens with one attached hydrogen (secondary N) is 1. The van der Waals surface area contributed by atoms with Crippen LogP contribution >= 0.6 is 0 Å². The van der Waals surface area contributed by atoms with Crippen LogP contribution in [0.1, 0.15) is 31.7 Å². The largest absolute Gasteiger partial charge is 0.487 e. The van der Waals surface area contributed by atoms with Crippen LogP contribution < -0.4 is 15.8 Å². The number of aliphatic hydroxyl groups is 1. The van der Waals surface area contributed by atoms with Crippen molar-refractivity contribution < 1.29 is 14.2 Å².